The van der Waals surface area contributed by atoms with Crippen LogP contribution in [0, 0.1) is 5.92 Å². The lowest BCUT2D eigenvalue weighted by atomic mass is 10.1. The zero-order valence-corrected chi connectivity index (χ0v) is 17.3. The predicted octanol–water partition coefficient (Wildman–Crippen LogP) is 2.40. The van der Waals surface area contributed by atoms with Crippen LogP contribution in [0.3, 0.4) is 0 Å². The Labute approximate surface area is 178 Å². The monoisotopic (exact) mass is 407 g/mol. The fourth-order valence-corrected chi connectivity index (χ4v) is 4.17. The molecule has 2 aromatic rings. The Morgan fingerprint density at radius 2 is 1.60 bits per heavy atom. The summed E-state index contributed by atoms with van der Waals surface area (Å²) in [5, 5.41) is 0. The van der Waals surface area contributed by atoms with E-state index in [1.54, 1.807) is 0 Å². The molecule has 158 valence electrons. The number of amides is 2. The average Bonchev–Trinajstić information content (AvgIpc) is 3.27. The molecule has 2 fully saturated rings. The minimum atomic E-state index is -0.0913. The lowest BCUT2D eigenvalue weighted by molar-refractivity contribution is -0.136. The molecule has 0 aliphatic carbocycles. The van der Waals surface area contributed by atoms with E-state index in [-0.39, 0.29) is 17.7 Å². The van der Waals surface area contributed by atoms with Crippen molar-refractivity contribution < 1.29 is 14.3 Å². The lowest BCUT2D eigenvalue weighted by Crippen LogP contribution is -2.45. The standard InChI is InChI=1S/C24H29N3O3/c28-23(26-13-15-30-16-14-26)19-25-12-11-21(18-25)24(29)27(22-9-5-2-6-10-22)17-20-7-3-1-4-8-20/h1-10,21H,11-19H2/t21-/m1/s1. The number of nitrogens with zero attached hydrogens (tertiary/aromatic N) is 3. The van der Waals surface area contributed by atoms with Crippen molar-refractivity contribution in [3.63, 3.8) is 0 Å². The van der Waals surface area contributed by atoms with Crippen LogP contribution in [0.25, 0.3) is 0 Å². The molecular formula is C24H29N3O3. The molecule has 30 heavy (non-hydrogen) atoms. The molecule has 0 saturated carbocycles. The Morgan fingerprint density at radius 3 is 2.30 bits per heavy atom. The van der Waals surface area contributed by atoms with Gasteiger partial charge in [-0.15, -0.1) is 0 Å². The zero-order chi connectivity index (χ0) is 20.8. The maximum absolute atomic E-state index is 13.5. The number of carbonyl (C=O) groups excluding carboxylic acids is 2. The van der Waals surface area contributed by atoms with Crippen molar-refractivity contribution in [2.45, 2.75) is 13.0 Å². The lowest BCUT2D eigenvalue weighted by Gasteiger charge is -2.29. The van der Waals surface area contributed by atoms with Crippen LogP contribution >= 0.6 is 0 Å². The van der Waals surface area contributed by atoms with E-state index in [9.17, 15) is 9.59 Å². The number of carbonyl (C=O) groups is 2. The fourth-order valence-electron chi connectivity index (χ4n) is 4.17. The van der Waals surface area contributed by atoms with Crippen LogP contribution in [-0.2, 0) is 20.9 Å². The highest BCUT2D eigenvalue weighted by atomic mass is 16.5. The van der Waals surface area contributed by atoms with Gasteiger partial charge in [0.1, 0.15) is 0 Å². The molecule has 6 nitrogen and oxygen atoms in total. The number of ether oxygens (including phenoxy) is 1. The van der Waals surface area contributed by atoms with E-state index >= 15 is 0 Å². The maximum atomic E-state index is 13.5. The summed E-state index contributed by atoms with van der Waals surface area (Å²) in [6, 6.07) is 19.9. The molecule has 2 aliphatic heterocycles. The topological polar surface area (TPSA) is 53.1 Å². The summed E-state index contributed by atoms with van der Waals surface area (Å²) < 4.78 is 5.33. The Kier molecular flexibility index (Phi) is 6.77. The molecule has 4 rings (SSSR count). The second-order valence-corrected chi connectivity index (χ2v) is 7.96. The van der Waals surface area contributed by atoms with Gasteiger partial charge < -0.3 is 14.5 Å². The molecule has 0 unspecified atom stereocenters. The molecule has 0 radical (unpaired) electrons. The summed E-state index contributed by atoms with van der Waals surface area (Å²) in [7, 11) is 0. The summed E-state index contributed by atoms with van der Waals surface area (Å²) in [5.74, 6) is 0.174. The van der Waals surface area contributed by atoms with E-state index in [2.05, 4.69) is 4.90 Å². The Morgan fingerprint density at radius 1 is 0.933 bits per heavy atom. The average molecular weight is 408 g/mol. The Balaban J connectivity index is 1.41. The molecule has 2 aliphatic rings. The van der Waals surface area contributed by atoms with Crippen LogP contribution in [0.4, 0.5) is 5.69 Å². The van der Waals surface area contributed by atoms with E-state index in [1.165, 1.54) is 0 Å². The quantitative estimate of drug-likeness (QED) is 0.738. The number of para-hydroxylation sites is 1. The SMILES string of the molecule is O=C(CN1CC[C@@H](C(=O)N(Cc2ccccc2)c2ccccc2)C1)N1CCOCC1. The van der Waals surface area contributed by atoms with Gasteiger partial charge in [-0.2, -0.15) is 0 Å². The fraction of sp³-hybridized carbons (Fsp3) is 0.417. The van der Waals surface area contributed by atoms with Crippen molar-refractivity contribution in [2.24, 2.45) is 5.92 Å². The van der Waals surface area contributed by atoms with Crippen molar-refractivity contribution in [3.8, 4) is 0 Å². The number of hydrogen-bond donors (Lipinski definition) is 0. The number of anilines is 1. The van der Waals surface area contributed by atoms with Gasteiger partial charge in [0.15, 0.2) is 0 Å². The first kappa shape index (κ1) is 20.6. The minimum absolute atomic E-state index is 0.0913. The van der Waals surface area contributed by atoms with E-state index in [4.69, 9.17) is 4.74 Å². The molecule has 0 bridgehead atoms. The van der Waals surface area contributed by atoms with Gasteiger partial charge in [0.05, 0.1) is 32.2 Å². The number of likely N-dealkylation sites (tertiary alicyclic amines) is 1. The van der Waals surface area contributed by atoms with E-state index in [0.29, 0.717) is 45.9 Å². The number of rotatable bonds is 6. The van der Waals surface area contributed by atoms with Crippen LogP contribution in [0.2, 0.25) is 0 Å². The first-order valence-corrected chi connectivity index (χ1v) is 10.7. The van der Waals surface area contributed by atoms with Crippen molar-refractivity contribution in [1.29, 1.82) is 0 Å². The highest BCUT2D eigenvalue weighted by Crippen LogP contribution is 2.24. The van der Waals surface area contributed by atoms with Crippen molar-refractivity contribution in [1.82, 2.24) is 9.80 Å². The summed E-state index contributed by atoms with van der Waals surface area (Å²) in [6.45, 7) is 4.88. The molecule has 6 heteroatoms. The Hall–Kier alpha value is -2.70. The molecule has 2 amide bonds. The third kappa shape index (κ3) is 5.07. The largest absolute Gasteiger partial charge is 0.378 e. The first-order chi connectivity index (χ1) is 14.7. The van der Waals surface area contributed by atoms with Gasteiger partial charge in [-0.3, -0.25) is 14.5 Å². The maximum Gasteiger partial charge on any atom is 0.236 e. The first-order valence-electron chi connectivity index (χ1n) is 10.7. The Bertz CT molecular complexity index is 837. The van der Waals surface area contributed by atoms with Crippen molar-refractivity contribution in [2.75, 3.05) is 50.8 Å². The smallest absolute Gasteiger partial charge is 0.236 e. The van der Waals surface area contributed by atoms with E-state index in [0.717, 1.165) is 24.2 Å². The predicted molar refractivity (Wildman–Crippen MR) is 116 cm³/mol. The minimum Gasteiger partial charge on any atom is -0.378 e. The summed E-state index contributed by atoms with van der Waals surface area (Å²) >= 11 is 0. The molecule has 0 N–H and O–H groups in total. The van der Waals surface area contributed by atoms with Crippen molar-refractivity contribution in [3.05, 3.63) is 66.2 Å². The van der Waals surface area contributed by atoms with Crippen LogP contribution < -0.4 is 4.90 Å². The van der Waals surface area contributed by atoms with Gasteiger partial charge in [0, 0.05) is 25.3 Å². The molecule has 2 saturated heterocycles. The summed E-state index contributed by atoms with van der Waals surface area (Å²) in [4.78, 5) is 31.9. The van der Waals surface area contributed by atoms with Crippen LogP contribution in [0.15, 0.2) is 60.7 Å². The third-order valence-electron chi connectivity index (χ3n) is 5.86. The summed E-state index contributed by atoms with van der Waals surface area (Å²) in [5.41, 5.74) is 2.02. The van der Waals surface area contributed by atoms with Gasteiger partial charge in [-0.05, 0) is 30.7 Å². The molecule has 2 heterocycles. The van der Waals surface area contributed by atoms with Crippen molar-refractivity contribution >= 4 is 17.5 Å². The molecule has 1 atom stereocenters. The molecule has 0 aromatic heterocycles. The van der Waals surface area contributed by atoms with Gasteiger partial charge in [0.25, 0.3) is 0 Å². The van der Waals surface area contributed by atoms with E-state index in [1.807, 2.05) is 70.5 Å². The van der Waals surface area contributed by atoms with Gasteiger partial charge in [-0.25, -0.2) is 0 Å². The van der Waals surface area contributed by atoms with E-state index < -0.39 is 0 Å². The number of morpholine rings is 1. The van der Waals surface area contributed by atoms with Gasteiger partial charge in [-0.1, -0.05) is 48.5 Å². The van der Waals surface area contributed by atoms with Crippen LogP contribution in [0.5, 0.6) is 0 Å². The zero-order valence-electron chi connectivity index (χ0n) is 17.3. The van der Waals surface area contributed by atoms with Crippen LogP contribution in [0.1, 0.15) is 12.0 Å². The molecule has 2 aromatic carbocycles. The third-order valence-corrected chi connectivity index (χ3v) is 5.86. The molecule has 0 spiro atoms. The van der Waals surface area contributed by atoms with Crippen LogP contribution in [-0.4, -0.2) is 67.6 Å². The summed E-state index contributed by atoms with van der Waals surface area (Å²) in [6.07, 6.45) is 0.785. The second kappa shape index (κ2) is 9.87. The van der Waals surface area contributed by atoms with Gasteiger partial charge in [0.2, 0.25) is 11.8 Å². The normalized spacial score (nSPS) is 19.6. The van der Waals surface area contributed by atoms with Gasteiger partial charge >= 0.3 is 0 Å². The highest BCUT2D eigenvalue weighted by molar-refractivity contribution is 5.95. The number of benzene rings is 2. The molecular weight excluding hydrogens is 378 g/mol. The second-order valence-electron chi connectivity index (χ2n) is 7.96. The number of hydrogen-bond acceptors (Lipinski definition) is 4. The highest BCUT2D eigenvalue weighted by Gasteiger charge is 2.33.